The van der Waals surface area contributed by atoms with Crippen LogP contribution in [0.4, 0.5) is 9.18 Å². The van der Waals surface area contributed by atoms with E-state index in [2.05, 4.69) is 0 Å². The van der Waals surface area contributed by atoms with Crippen LogP contribution < -0.4 is 0 Å². The minimum Gasteiger partial charge on any atom is -0.444 e. The number of aryl methyl sites for hydroxylation is 1. The van der Waals surface area contributed by atoms with Crippen molar-refractivity contribution in [1.29, 1.82) is 0 Å². The largest absolute Gasteiger partial charge is 0.444 e. The number of nitrogens with zero attached hydrogens (tertiary/aromatic N) is 1. The maximum Gasteiger partial charge on any atom is 0.411 e. The monoisotopic (exact) mass is 295 g/mol. The van der Waals surface area contributed by atoms with Crippen LogP contribution in [-0.2, 0) is 15.1 Å². The van der Waals surface area contributed by atoms with Crippen molar-refractivity contribution in [3.05, 3.63) is 35.1 Å². The average molecular weight is 295 g/mol. The number of hydrogen-bond donors (Lipinski definition) is 0. The standard InChI is InChI=1S/C16H22FNO3/c1-11-8-7-9-12(17)13(11)16(5,10-19)18(6)14(20)21-15(2,3)4/h7-10H,1-6H3. The highest BCUT2D eigenvalue weighted by atomic mass is 19.1. The number of amides is 1. The first-order chi connectivity index (χ1) is 9.53. The van der Waals surface area contributed by atoms with Crippen molar-refractivity contribution in [2.75, 3.05) is 7.05 Å². The fourth-order valence-electron chi connectivity index (χ4n) is 2.10. The number of halogens is 1. The Balaban J connectivity index is 3.27. The van der Waals surface area contributed by atoms with Crippen LogP contribution in [0.2, 0.25) is 0 Å². The van der Waals surface area contributed by atoms with Crippen LogP contribution in [0.25, 0.3) is 0 Å². The molecule has 1 amide bonds. The number of aldehydes is 1. The fraction of sp³-hybridized carbons (Fsp3) is 0.500. The number of hydrogen-bond acceptors (Lipinski definition) is 3. The molecule has 1 unspecified atom stereocenters. The molecule has 1 aromatic carbocycles. The Morgan fingerprint density at radius 1 is 1.29 bits per heavy atom. The minimum atomic E-state index is -1.43. The summed E-state index contributed by atoms with van der Waals surface area (Å²) in [6, 6.07) is 4.53. The van der Waals surface area contributed by atoms with Crippen molar-refractivity contribution in [2.45, 2.75) is 45.8 Å². The summed E-state index contributed by atoms with van der Waals surface area (Å²) in [5, 5.41) is 0. The van der Waals surface area contributed by atoms with Gasteiger partial charge >= 0.3 is 6.09 Å². The van der Waals surface area contributed by atoms with Crippen molar-refractivity contribution in [3.8, 4) is 0 Å². The van der Waals surface area contributed by atoms with E-state index >= 15 is 0 Å². The molecule has 0 aliphatic heterocycles. The number of carbonyl (C=O) groups excluding carboxylic acids is 2. The van der Waals surface area contributed by atoms with Crippen molar-refractivity contribution < 1.29 is 18.7 Å². The van der Waals surface area contributed by atoms with Gasteiger partial charge in [-0.3, -0.25) is 4.90 Å². The molecular formula is C16H22FNO3. The van der Waals surface area contributed by atoms with E-state index in [0.717, 1.165) is 4.90 Å². The highest BCUT2D eigenvalue weighted by Crippen LogP contribution is 2.31. The zero-order valence-electron chi connectivity index (χ0n) is 13.4. The van der Waals surface area contributed by atoms with Gasteiger partial charge in [-0.15, -0.1) is 0 Å². The van der Waals surface area contributed by atoms with Crippen LogP contribution in [-0.4, -0.2) is 29.9 Å². The van der Waals surface area contributed by atoms with Gasteiger partial charge in [-0.1, -0.05) is 12.1 Å². The van der Waals surface area contributed by atoms with Gasteiger partial charge in [0.05, 0.1) is 0 Å². The zero-order valence-corrected chi connectivity index (χ0v) is 13.4. The smallest absolute Gasteiger partial charge is 0.411 e. The minimum absolute atomic E-state index is 0.174. The quantitative estimate of drug-likeness (QED) is 0.803. The van der Waals surface area contributed by atoms with Crippen molar-refractivity contribution >= 4 is 12.4 Å². The normalized spacial score (nSPS) is 14.2. The van der Waals surface area contributed by atoms with Crippen LogP contribution in [0.15, 0.2) is 18.2 Å². The molecule has 0 bridgehead atoms. The molecule has 1 rings (SSSR count). The third kappa shape index (κ3) is 3.60. The van der Waals surface area contributed by atoms with Crippen LogP contribution >= 0.6 is 0 Å². The fourth-order valence-corrected chi connectivity index (χ4v) is 2.10. The van der Waals surface area contributed by atoms with E-state index in [1.54, 1.807) is 39.8 Å². The molecule has 0 saturated heterocycles. The summed E-state index contributed by atoms with van der Waals surface area (Å²) >= 11 is 0. The summed E-state index contributed by atoms with van der Waals surface area (Å²) in [7, 11) is 1.42. The summed E-state index contributed by atoms with van der Waals surface area (Å²) in [6.07, 6.45) is -0.123. The summed E-state index contributed by atoms with van der Waals surface area (Å²) in [5.41, 5.74) is -1.36. The van der Waals surface area contributed by atoms with Gasteiger partial charge in [0.1, 0.15) is 23.2 Å². The van der Waals surface area contributed by atoms with Crippen LogP contribution in [0.1, 0.15) is 38.8 Å². The van der Waals surface area contributed by atoms with Gasteiger partial charge in [-0.05, 0) is 46.2 Å². The molecule has 0 N–H and O–H groups in total. The van der Waals surface area contributed by atoms with E-state index in [1.165, 1.54) is 20.0 Å². The second-order valence-electron chi connectivity index (χ2n) is 6.24. The van der Waals surface area contributed by atoms with Crippen LogP contribution in [0.5, 0.6) is 0 Å². The van der Waals surface area contributed by atoms with E-state index in [1.807, 2.05) is 0 Å². The Bertz CT molecular complexity index is 531. The molecule has 21 heavy (non-hydrogen) atoms. The summed E-state index contributed by atoms with van der Waals surface area (Å²) in [5.74, 6) is -0.528. The van der Waals surface area contributed by atoms with Gasteiger partial charge in [-0.2, -0.15) is 0 Å². The van der Waals surface area contributed by atoms with Crippen molar-refractivity contribution in [2.24, 2.45) is 0 Å². The van der Waals surface area contributed by atoms with Gasteiger partial charge in [0, 0.05) is 12.6 Å². The lowest BCUT2D eigenvalue weighted by atomic mass is 9.88. The molecule has 0 spiro atoms. The number of ether oxygens (including phenoxy) is 1. The van der Waals surface area contributed by atoms with Gasteiger partial charge in [-0.25, -0.2) is 9.18 Å². The molecule has 1 atom stereocenters. The highest BCUT2D eigenvalue weighted by molar-refractivity contribution is 5.78. The zero-order chi connectivity index (χ0) is 16.4. The number of likely N-dealkylation sites (N-methyl/N-ethyl adjacent to an activating group) is 1. The first-order valence-electron chi connectivity index (χ1n) is 6.71. The molecule has 0 aliphatic rings. The highest BCUT2D eigenvalue weighted by Gasteiger charge is 2.39. The second kappa shape index (κ2) is 5.84. The van der Waals surface area contributed by atoms with Gasteiger partial charge < -0.3 is 9.53 Å². The molecular weight excluding hydrogens is 273 g/mol. The van der Waals surface area contributed by atoms with Gasteiger partial charge in [0.25, 0.3) is 0 Å². The van der Waals surface area contributed by atoms with E-state index in [9.17, 15) is 14.0 Å². The van der Waals surface area contributed by atoms with E-state index in [4.69, 9.17) is 4.74 Å². The first-order valence-corrected chi connectivity index (χ1v) is 6.71. The molecule has 0 aromatic heterocycles. The topological polar surface area (TPSA) is 46.6 Å². The molecule has 0 heterocycles. The Labute approximate surface area is 124 Å². The predicted octanol–water partition coefficient (Wildman–Crippen LogP) is 3.42. The Morgan fingerprint density at radius 3 is 2.29 bits per heavy atom. The summed E-state index contributed by atoms with van der Waals surface area (Å²) in [4.78, 5) is 24.9. The van der Waals surface area contributed by atoms with Gasteiger partial charge in [0.2, 0.25) is 0 Å². The molecule has 5 heteroatoms. The third-order valence-electron chi connectivity index (χ3n) is 3.32. The van der Waals surface area contributed by atoms with Crippen molar-refractivity contribution in [1.82, 2.24) is 4.90 Å². The Kier molecular flexibility index (Phi) is 4.76. The molecule has 0 fully saturated rings. The Hall–Kier alpha value is -1.91. The van der Waals surface area contributed by atoms with Gasteiger partial charge in [0.15, 0.2) is 0 Å². The lowest BCUT2D eigenvalue weighted by molar-refractivity contribution is -0.117. The average Bonchev–Trinajstić information content (AvgIpc) is 2.35. The lowest BCUT2D eigenvalue weighted by Crippen LogP contribution is -2.49. The second-order valence-corrected chi connectivity index (χ2v) is 6.24. The number of rotatable bonds is 3. The van der Waals surface area contributed by atoms with E-state index in [0.29, 0.717) is 11.8 Å². The predicted molar refractivity (Wildman–Crippen MR) is 78.6 cm³/mol. The molecule has 4 nitrogen and oxygen atoms in total. The Morgan fingerprint density at radius 2 is 1.86 bits per heavy atom. The molecule has 0 saturated carbocycles. The van der Waals surface area contributed by atoms with Crippen molar-refractivity contribution in [3.63, 3.8) is 0 Å². The lowest BCUT2D eigenvalue weighted by Gasteiger charge is -2.36. The number of benzene rings is 1. The van der Waals surface area contributed by atoms with Crippen LogP contribution in [0.3, 0.4) is 0 Å². The van der Waals surface area contributed by atoms with E-state index in [-0.39, 0.29) is 5.56 Å². The SMILES string of the molecule is Cc1cccc(F)c1C(C)(C=O)N(C)C(=O)OC(C)(C)C. The third-order valence-corrected chi connectivity index (χ3v) is 3.32. The molecule has 1 aromatic rings. The summed E-state index contributed by atoms with van der Waals surface area (Å²) < 4.78 is 19.4. The number of carbonyl (C=O) groups is 2. The van der Waals surface area contributed by atoms with Crippen LogP contribution in [0, 0.1) is 12.7 Å². The first kappa shape index (κ1) is 17.1. The van der Waals surface area contributed by atoms with E-state index < -0.39 is 23.1 Å². The molecule has 0 radical (unpaired) electrons. The maximum absolute atomic E-state index is 14.2. The summed E-state index contributed by atoms with van der Waals surface area (Å²) in [6.45, 7) is 8.38. The molecule has 116 valence electrons. The maximum atomic E-state index is 14.2. The molecule has 0 aliphatic carbocycles.